The number of benzene rings is 1. The van der Waals surface area contributed by atoms with Crippen LogP contribution in [0.1, 0.15) is 38.1 Å². The summed E-state index contributed by atoms with van der Waals surface area (Å²) in [6, 6.07) is 5.39. The molecular formula is C15H19F3N2O. The second kappa shape index (κ2) is 5.33. The summed E-state index contributed by atoms with van der Waals surface area (Å²) in [5.74, 6) is -0.174. The third kappa shape index (κ3) is 3.56. The number of nitrogens with one attached hydrogen (secondary N) is 1. The van der Waals surface area contributed by atoms with Crippen LogP contribution in [0.2, 0.25) is 0 Å². The summed E-state index contributed by atoms with van der Waals surface area (Å²) in [7, 11) is 0. The number of alkyl halides is 3. The summed E-state index contributed by atoms with van der Waals surface area (Å²) in [5.41, 5.74) is -0.788. The minimum Gasteiger partial charge on any atom is -0.321 e. The van der Waals surface area contributed by atoms with Gasteiger partial charge in [-0.15, -0.1) is 0 Å². The summed E-state index contributed by atoms with van der Waals surface area (Å²) in [6.45, 7) is 6.31. The number of nitrogens with zero attached hydrogens (tertiary/aromatic N) is 1. The van der Waals surface area contributed by atoms with Crippen LogP contribution < -0.4 is 5.32 Å². The fraction of sp³-hybridized carbons (Fsp3) is 0.533. The standard InChI is InChI=1S/C15H19F3N2O/c1-14(2,3)9-20-12(21)8-19-13(20)10-6-4-5-7-11(10)15(16,17)18/h4-7,13,19H,8-9H2,1-3H3. The molecule has 0 spiro atoms. The molecule has 1 saturated heterocycles. The largest absolute Gasteiger partial charge is 0.416 e. The molecular weight excluding hydrogens is 281 g/mol. The number of halogens is 3. The lowest BCUT2D eigenvalue weighted by Gasteiger charge is -2.32. The molecule has 1 fully saturated rings. The number of hydrogen-bond donors (Lipinski definition) is 1. The van der Waals surface area contributed by atoms with Crippen LogP contribution in [-0.4, -0.2) is 23.9 Å². The van der Waals surface area contributed by atoms with Gasteiger partial charge in [-0.25, -0.2) is 0 Å². The minimum atomic E-state index is -4.43. The Morgan fingerprint density at radius 1 is 1.24 bits per heavy atom. The molecule has 6 heteroatoms. The van der Waals surface area contributed by atoms with E-state index in [0.717, 1.165) is 6.07 Å². The van der Waals surface area contributed by atoms with Gasteiger partial charge in [-0.3, -0.25) is 10.1 Å². The lowest BCUT2D eigenvalue weighted by atomic mass is 9.95. The Morgan fingerprint density at radius 2 is 1.86 bits per heavy atom. The maximum absolute atomic E-state index is 13.1. The summed E-state index contributed by atoms with van der Waals surface area (Å²) in [5, 5.41) is 2.88. The van der Waals surface area contributed by atoms with Crippen molar-refractivity contribution in [3.05, 3.63) is 35.4 Å². The monoisotopic (exact) mass is 300 g/mol. The van der Waals surface area contributed by atoms with Gasteiger partial charge < -0.3 is 4.90 Å². The molecule has 0 bridgehead atoms. The van der Waals surface area contributed by atoms with E-state index in [4.69, 9.17) is 0 Å². The predicted octanol–water partition coefficient (Wildman–Crippen LogP) is 3.18. The molecule has 0 aliphatic carbocycles. The summed E-state index contributed by atoms with van der Waals surface area (Å²) in [4.78, 5) is 13.5. The molecule has 2 rings (SSSR count). The van der Waals surface area contributed by atoms with Crippen LogP contribution in [0.4, 0.5) is 13.2 Å². The maximum Gasteiger partial charge on any atom is 0.416 e. The van der Waals surface area contributed by atoms with Crippen LogP contribution in [0.5, 0.6) is 0 Å². The van der Waals surface area contributed by atoms with Gasteiger partial charge in [0, 0.05) is 12.1 Å². The van der Waals surface area contributed by atoms with Gasteiger partial charge in [0.25, 0.3) is 0 Å². The van der Waals surface area contributed by atoms with Gasteiger partial charge in [0.1, 0.15) is 6.17 Å². The number of hydrogen-bond acceptors (Lipinski definition) is 2. The topological polar surface area (TPSA) is 32.3 Å². The van der Waals surface area contributed by atoms with Crippen molar-refractivity contribution in [2.24, 2.45) is 5.41 Å². The SMILES string of the molecule is CC(C)(C)CN1C(=O)CNC1c1ccccc1C(F)(F)F. The maximum atomic E-state index is 13.1. The zero-order valence-electron chi connectivity index (χ0n) is 12.3. The molecule has 0 radical (unpaired) electrons. The summed E-state index contributed by atoms with van der Waals surface area (Å²) in [6.07, 6.45) is -5.16. The molecule has 1 aliphatic rings. The molecule has 1 amide bonds. The van der Waals surface area contributed by atoms with Gasteiger partial charge in [-0.2, -0.15) is 13.2 Å². The molecule has 1 N–H and O–H groups in total. The number of rotatable bonds is 2. The van der Waals surface area contributed by atoms with E-state index in [-0.39, 0.29) is 23.4 Å². The molecule has 0 aromatic heterocycles. The zero-order valence-corrected chi connectivity index (χ0v) is 12.3. The van der Waals surface area contributed by atoms with Crippen LogP contribution in [0, 0.1) is 5.41 Å². The number of carbonyl (C=O) groups excluding carboxylic acids is 1. The van der Waals surface area contributed by atoms with Gasteiger partial charge in [0.05, 0.1) is 12.1 Å². The van der Waals surface area contributed by atoms with E-state index in [9.17, 15) is 18.0 Å². The van der Waals surface area contributed by atoms with E-state index in [1.54, 1.807) is 6.07 Å². The van der Waals surface area contributed by atoms with E-state index in [0.29, 0.717) is 6.54 Å². The van der Waals surface area contributed by atoms with Gasteiger partial charge in [0.2, 0.25) is 5.91 Å². The Hall–Kier alpha value is -1.56. The first kappa shape index (κ1) is 15.8. The highest BCUT2D eigenvalue weighted by Crippen LogP contribution is 2.37. The third-order valence-electron chi connectivity index (χ3n) is 3.28. The first-order valence-electron chi connectivity index (χ1n) is 6.78. The van der Waals surface area contributed by atoms with Gasteiger partial charge in [-0.1, -0.05) is 39.0 Å². The molecule has 3 nitrogen and oxygen atoms in total. The first-order valence-corrected chi connectivity index (χ1v) is 6.78. The average molecular weight is 300 g/mol. The third-order valence-corrected chi connectivity index (χ3v) is 3.28. The predicted molar refractivity (Wildman–Crippen MR) is 73.4 cm³/mol. The highest BCUT2D eigenvalue weighted by atomic mass is 19.4. The van der Waals surface area contributed by atoms with Crippen LogP contribution in [0.3, 0.4) is 0 Å². The molecule has 21 heavy (non-hydrogen) atoms. The quantitative estimate of drug-likeness (QED) is 0.910. The van der Waals surface area contributed by atoms with Crippen molar-refractivity contribution in [2.45, 2.75) is 33.1 Å². The Balaban J connectivity index is 2.39. The molecule has 1 atom stereocenters. The molecule has 0 saturated carbocycles. The lowest BCUT2D eigenvalue weighted by molar-refractivity contribution is -0.140. The van der Waals surface area contributed by atoms with Gasteiger partial charge in [0.15, 0.2) is 0 Å². The fourth-order valence-electron chi connectivity index (χ4n) is 2.50. The minimum absolute atomic E-state index is 0.0624. The normalized spacial score (nSPS) is 20.2. The Morgan fingerprint density at radius 3 is 2.43 bits per heavy atom. The first-order chi connectivity index (χ1) is 9.59. The number of amides is 1. The van der Waals surface area contributed by atoms with Crippen LogP contribution in [0.15, 0.2) is 24.3 Å². The average Bonchev–Trinajstić information content (AvgIpc) is 2.68. The van der Waals surface area contributed by atoms with Crippen molar-refractivity contribution >= 4 is 5.91 Å². The summed E-state index contributed by atoms with van der Waals surface area (Å²) < 4.78 is 39.4. The zero-order chi connectivity index (χ0) is 15.8. The highest BCUT2D eigenvalue weighted by Gasteiger charge is 2.40. The molecule has 1 unspecified atom stereocenters. The fourth-order valence-corrected chi connectivity index (χ4v) is 2.50. The molecule has 1 heterocycles. The molecule has 116 valence electrons. The van der Waals surface area contributed by atoms with Gasteiger partial charge >= 0.3 is 6.18 Å². The Kier molecular flexibility index (Phi) is 4.02. The second-order valence-electron chi connectivity index (χ2n) is 6.45. The smallest absolute Gasteiger partial charge is 0.321 e. The highest BCUT2D eigenvalue weighted by molar-refractivity contribution is 5.81. The van der Waals surface area contributed by atoms with Crippen molar-refractivity contribution in [1.82, 2.24) is 10.2 Å². The van der Waals surface area contributed by atoms with Crippen molar-refractivity contribution in [2.75, 3.05) is 13.1 Å². The number of carbonyl (C=O) groups is 1. The van der Waals surface area contributed by atoms with Crippen molar-refractivity contribution < 1.29 is 18.0 Å². The van der Waals surface area contributed by atoms with Crippen molar-refractivity contribution in [3.63, 3.8) is 0 Å². The molecule has 1 aromatic carbocycles. The summed E-state index contributed by atoms with van der Waals surface area (Å²) >= 11 is 0. The van der Waals surface area contributed by atoms with Crippen LogP contribution in [-0.2, 0) is 11.0 Å². The van der Waals surface area contributed by atoms with E-state index in [2.05, 4.69) is 5.32 Å². The van der Waals surface area contributed by atoms with Crippen LogP contribution in [0.25, 0.3) is 0 Å². The van der Waals surface area contributed by atoms with E-state index in [1.807, 2.05) is 20.8 Å². The van der Waals surface area contributed by atoms with Crippen LogP contribution >= 0.6 is 0 Å². The second-order valence-corrected chi connectivity index (χ2v) is 6.45. The van der Waals surface area contributed by atoms with Crippen molar-refractivity contribution in [3.8, 4) is 0 Å². The molecule has 1 aliphatic heterocycles. The van der Waals surface area contributed by atoms with E-state index in [1.165, 1.54) is 17.0 Å². The van der Waals surface area contributed by atoms with Crippen molar-refractivity contribution in [1.29, 1.82) is 0 Å². The van der Waals surface area contributed by atoms with Gasteiger partial charge in [-0.05, 0) is 11.5 Å². The molecule has 1 aromatic rings. The Bertz CT molecular complexity index is 534. The van der Waals surface area contributed by atoms with E-state index < -0.39 is 17.9 Å². The lowest BCUT2D eigenvalue weighted by Crippen LogP contribution is -2.37. The van der Waals surface area contributed by atoms with E-state index >= 15 is 0 Å². The Labute approximate surface area is 122 Å².